The number of alkyl carbamates (subject to hydrolysis) is 1. The Morgan fingerprint density at radius 1 is 1.09 bits per heavy atom. The highest BCUT2D eigenvalue weighted by molar-refractivity contribution is 5.68. The molecule has 0 rings (SSSR count). The van der Waals surface area contributed by atoms with Gasteiger partial charge in [-0.15, -0.1) is 0 Å². The van der Waals surface area contributed by atoms with Gasteiger partial charge in [-0.2, -0.15) is 0 Å². The largest absolute Gasteiger partial charge is 0.444 e. The summed E-state index contributed by atoms with van der Waals surface area (Å²) in [5, 5.41) is 6.37. The number of nitrogens with one attached hydrogen (secondary N) is 2. The van der Waals surface area contributed by atoms with Crippen molar-refractivity contribution in [1.82, 2.24) is 10.6 Å². The number of carbonyl (C=O) groups excluding carboxylic acids is 1. The van der Waals surface area contributed by atoms with E-state index in [9.17, 15) is 4.79 Å². The summed E-state index contributed by atoms with van der Waals surface area (Å²) in [5.41, 5.74) is 5.37. The molecule has 0 aliphatic carbocycles. The molecular formula is C17H37N3O2. The third kappa shape index (κ3) is 8.59. The molecule has 0 heterocycles. The first-order valence-electron chi connectivity index (χ1n) is 8.40. The van der Waals surface area contributed by atoms with Gasteiger partial charge in [0.05, 0.1) is 0 Å². The highest BCUT2D eigenvalue weighted by atomic mass is 16.6. The van der Waals surface area contributed by atoms with Crippen LogP contribution in [0.2, 0.25) is 0 Å². The maximum absolute atomic E-state index is 11.8. The number of amides is 1. The van der Waals surface area contributed by atoms with E-state index in [2.05, 4.69) is 38.3 Å². The molecule has 0 aromatic carbocycles. The van der Waals surface area contributed by atoms with Crippen LogP contribution in [0.1, 0.15) is 55.4 Å². The molecule has 132 valence electrons. The minimum absolute atomic E-state index is 0.0347. The topological polar surface area (TPSA) is 76.4 Å². The Morgan fingerprint density at radius 2 is 1.59 bits per heavy atom. The van der Waals surface area contributed by atoms with Gasteiger partial charge in [-0.05, 0) is 52.0 Å². The summed E-state index contributed by atoms with van der Waals surface area (Å²) < 4.78 is 5.29. The zero-order chi connectivity index (χ0) is 17.5. The standard InChI is InChI=1S/C17H37N3O2/c1-11(2)14(12(3)4)10-19-15(9-18)13(5)20-16(21)22-17(6,7)8/h11-15,19H,9-10,18H2,1-8H3,(H,20,21). The number of ether oxygens (including phenoxy) is 1. The van der Waals surface area contributed by atoms with E-state index in [0.29, 0.717) is 24.3 Å². The van der Waals surface area contributed by atoms with Gasteiger partial charge in [0.25, 0.3) is 0 Å². The number of hydrogen-bond donors (Lipinski definition) is 3. The summed E-state index contributed by atoms with van der Waals surface area (Å²) >= 11 is 0. The Morgan fingerprint density at radius 3 is 1.95 bits per heavy atom. The zero-order valence-corrected chi connectivity index (χ0v) is 15.7. The third-order valence-electron chi connectivity index (χ3n) is 3.93. The fourth-order valence-corrected chi connectivity index (χ4v) is 2.59. The quantitative estimate of drug-likeness (QED) is 0.644. The number of rotatable bonds is 8. The molecule has 5 nitrogen and oxygen atoms in total. The Labute approximate surface area is 136 Å². The van der Waals surface area contributed by atoms with E-state index < -0.39 is 11.7 Å². The predicted molar refractivity (Wildman–Crippen MR) is 92.8 cm³/mol. The Kier molecular flexibility index (Phi) is 9.01. The van der Waals surface area contributed by atoms with Crippen LogP contribution < -0.4 is 16.4 Å². The van der Waals surface area contributed by atoms with Gasteiger partial charge < -0.3 is 21.1 Å². The molecule has 0 spiro atoms. The van der Waals surface area contributed by atoms with Gasteiger partial charge in [0.15, 0.2) is 0 Å². The Bertz CT molecular complexity index is 316. The maximum atomic E-state index is 11.8. The van der Waals surface area contributed by atoms with E-state index in [1.165, 1.54) is 0 Å². The number of nitrogens with two attached hydrogens (primary N) is 1. The van der Waals surface area contributed by atoms with Gasteiger partial charge >= 0.3 is 6.09 Å². The van der Waals surface area contributed by atoms with E-state index in [4.69, 9.17) is 10.5 Å². The van der Waals surface area contributed by atoms with Crippen LogP contribution in [0.25, 0.3) is 0 Å². The molecule has 2 atom stereocenters. The van der Waals surface area contributed by atoms with Crippen molar-refractivity contribution in [1.29, 1.82) is 0 Å². The van der Waals surface area contributed by atoms with E-state index in [1.807, 2.05) is 27.7 Å². The fraction of sp³-hybridized carbons (Fsp3) is 0.941. The summed E-state index contributed by atoms with van der Waals surface area (Å²) in [6, 6.07) is -0.0488. The van der Waals surface area contributed by atoms with Crippen LogP contribution in [0.15, 0.2) is 0 Å². The predicted octanol–water partition coefficient (Wildman–Crippen LogP) is 2.74. The van der Waals surface area contributed by atoms with Gasteiger partial charge in [0, 0.05) is 18.6 Å². The highest BCUT2D eigenvalue weighted by Crippen LogP contribution is 2.19. The van der Waals surface area contributed by atoms with Crippen LogP contribution in [-0.4, -0.2) is 36.9 Å². The van der Waals surface area contributed by atoms with E-state index >= 15 is 0 Å². The normalized spacial score (nSPS) is 15.3. The lowest BCUT2D eigenvalue weighted by molar-refractivity contribution is 0.0497. The van der Waals surface area contributed by atoms with Crippen LogP contribution >= 0.6 is 0 Å². The molecule has 0 aliphatic heterocycles. The first-order chi connectivity index (χ1) is 9.97. The zero-order valence-electron chi connectivity index (χ0n) is 15.7. The van der Waals surface area contributed by atoms with E-state index in [-0.39, 0.29) is 12.1 Å². The smallest absolute Gasteiger partial charge is 0.407 e. The maximum Gasteiger partial charge on any atom is 0.407 e. The van der Waals surface area contributed by atoms with Gasteiger partial charge in [0.1, 0.15) is 5.60 Å². The molecule has 22 heavy (non-hydrogen) atoms. The summed E-state index contributed by atoms with van der Waals surface area (Å²) in [6.45, 7) is 17.9. The molecule has 0 saturated heterocycles. The van der Waals surface area contributed by atoms with Crippen molar-refractivity contribution in [3.63, 3.8) is 0 Å². The van der Waals surface area contributed by atoms with Crippen molar-refractivity contribution in [3.05, 3.63) is 0 Å². The van der Waals surface area contributed by atoms with Gasteiger partial charge in [-0.25, -0.2) is 4.79 Å². The van der Waals surface area contributed by atoms with E-state index in [0.717, 1.165) is 6.54 Å². The van der Waals surface area contributed by atoms with E-state index in [1.54, 1.807) is 0 Å². The van der Waals surface area contributed by atoms with Crippen molar-refractivity contribution in [2.24, 2.45) is 23.5 Å². The van der Waals surface area contributed by atoms with Gasteiger partial charge in [-0.3, -0.25) is 0 Å². The van der Waals surface area contributed by atoms with Crippen molar-refractivity contribution in [2.45, 2.75) is 73.1 Å². The average Bonchev–Trinajstić information content (AvgIpc) is 2.30. The molecule has 1 amide bonds. The molecule has 5 heteroatoms. The third-order valence-corrected chi connectivity index (χ3v) is 3.93. The molecule has 0 aliphatic rings. The van der Waals surface area contributed by atoms with Crippen molar-refractivity contribution in [3.8, 4) is 0 Å². The molecule has 0 saturated carbocycles. The summed E-state index contributed by atoms with van der Waals surface area (Å²) in [6.07, 6.45) is -0.399. The first kappa shape index (κ1) is 21.2. The summed E-state index contributed by atoms with van der Waals surface area (Å²) in [5.74, 6) is 1.81. The average molecular weight is 316 g/mol. The van der Waals surface area contributed by atoms with Crippen molar-refractivity contribution in [2.75, 3.05) is 13.1 Å². The van der Waals surface area contributed by atoms with Gasteiger partial charge in [-0.1, -0.05) is 27.7 Å². The number of carbonyl (C=O) groups is 1. The Hall–Kier alpha value is -0.810. The molecule has 2 unspecified atom stereocenters. The van der Waals surface area contributed by atoms with Crippen LogP contribution in [-0.2, 0) is 4.74 Å². The van der Waals surface area contributed by atoms with Crippen molar-refractivity contribution < 1.29 is 9.53 Å². The SMILES string of the molecule is CC(C)C(CNC(CN)C(C)NC(=O)OC(C)(C)C)C(C)C. The van der Waals surface area contributed by atoms with Crippen LogP contribution in [0.3, 0.4) is 0 Å². The minimum Gasteiger partial charge on any atom is -0.444 e. The van der Waals surface area contributed by atoms with Crippen LogP contribution in [0.5, 0.6) is 0 Å². The second-order valence-corrected chi connectivity index (χ2v) is 7.84. The number of hydrogen-bond acceptors (Lipinski definition) is 4. The molecule has 4 N–H and O–H groups in total. The molecule has 0 aromatic rings. The van der Waals surface area contributed by atoms with Crippen LogP contribution in [0.4, 0.5) is 4.79 Å². The summed E-state index contributed by atoms with van der Waals surface area (Å²) in [7, 11) is 0. The lowest BCUT2D eigenvalue weighted by Gasteiger charge is -2.31. The molecule has 0 fully saturated rings. The fourth-order valence-electron chi connectivity index (χ4n) is 2.59. The lowest BCUT2D eigenvalue weighted by Crippen LogP contribution is -2.54. The lowest BCUT2D eigenvalue weighted by atomic mass is 9.85. The van der Waals surface area contributed by atoms with Crippen LogP contribution in [0, 0.1) is 17.8 Å². The molecule has 0 radical (unpaired) electrons. The summed E-state index contributed by atoms with van der Waals surface area (Å²) in [4.78, 5) is 11.8. The van der Waals surface area contributed by atoms with Gasteiger partial charge in [0.2, 0.25) is 0 Å². The highest BCUT2D eigenvalue weighted by Gasteiger charge is 2.24. The molecule has 0 aromatic heterocycles. The minimum atomic E-state index is -0.490. The second kappa shape index (κ2) is 9.36. The molecule has 0 bridgehead atoms. The second-order valence-electron chi connectivity index (χ2n) is 7.84. The van der Waals surface area contributed by atoms with Crippen molar-refractivity contribution >= 4 is 6.09 Å². The first-order valence-corrected chi connectivity index (χ1v) is 8.40. The Balaban J connectivity index is 4.47. The monoisotopic (exact) mass is 315 g/mol. The molecular weight excluding hydrogens is 278 g/mol.